The summed E-state index contributed by atoms with van der Waals surface area (Å²) in [7, 11) is 4.28. The summed E-state index contributed by atoms with van der Waals surface area (Å²) in [6, 6.07) is 11.7. The number of H-pyrrole nitrogens is 1. The number of nitrogens with zero attached hydrogens (tertiary/aromatic N) is 1. The van der Waals surface area contributed by atoms with Crippen LogP contribution in [0.3, 0.4) is 0 Å². The molecule has 182 valence electrons. The van der Waals surface area contributed by atoms with E-state index in [9.17, 15) is 14.0 Å². The largest absolute Gasteiger partial charge is 0.493 e. The minimum absolute atomic E-state index is 0.234. The van der Waals surface area contributed by atoms with Gasteiger partial charge in [0.2, 0.25) is 0 Å². The maximum Gasteiger partial charge on any atom is 0.336 e. The molecule has 1 atom stereocenters. The molecule has 1 aliphatic heterocycles. The van der Waals surface area contributed by atoms with Gasteiger partial charge in [-0.2, -0.15) is 0 Å². The van der Waals surface area contributed by atoms with E-state index in [2.05, 4.69) is 15.3 Å². The van der Waals surface area contributed by atoms with E-state index < -0.39 is 17.4 Å². The second-order valence-electron chi connectivity index (χ2n) is 7.68. The minimum Gasteiger partial charge on any atom is -0.493 e. The smallest absolute Gasteiger partial charge is 0.336 e. The highest BCUT2D eigenvalue weighted by atomic mass is 32.2. The molecule has 0 spiro atoms. The third kappa shape index (κ3) is 4.61. The average molecular weight is 498 g/mol. The summed E-state index contributed by atoms with van der Waals surface area (Å²) in [5, 5.41) is 3.38. The number of halogens is 1. The molecule has 0 saturated carbocycles. The van der Waals surface area contributed by atoms with Crippen LogP contribution in [0, 0.1) is 5.82 Å². The molecular formula is C25H24FN3O5S. The standard InChI is InChI=1S/C25H24FN3O5S/c1-13-18(24(31)34-4)19(15-9-7-11-17(32-2)21(15)33-3)20-22(27-13)28-25(29-23(20)30)35-12-14-8-5-6-10-16(14)26/h5-11,19H,12H2,1-4H3,(H2,27,28,29,30). The summed E-state index contributed by atoms with van der Waals surface area (Å²) < 4.78 is 30.1. The number of esters is 1. The molecule has 8 nitrogen and oxygen atoms in total. The molecule has 4 rings (SSSR count). The molecule has 0 bridgehead atoms. The fourth-order valence-electron chi connectivity index (χ4n) is 4.09. The number of nitrogens with one attached hydrogen (secondary N) is 2. The molecule has 1 aliphatic rings. The lowest BCUT2D eigenvalue weighted by Crippen LogP contribution is -2.31. The Morgan fingerprint density at radius 3 is 2.57 bits per heavy atom. The molecule has 3 aromatic rings. The van der Waals surface area contributed by atoms with Crippen molar-refractivity contribution >= 4 is 23.5 Å². The summed E-state index contributed by atoms with van der Waals surface area (Å²) in [6.45, 7) is 1.71. The van der Waals surface area contributed by atoms with Gasteiger partial charge in [-0.3, -0.25) is 4.79 Å². The number of methoxy groups -OCH3 is 3. The van der Waals surface area contributed by atoms with Crippen molar-refractivity contribution in [1.29, 1.82) is 0 Å². The summed E-state index contributed by atoms with van der Waals surface area (Å²) in [4.78, 5) is 33.6. The number of para-hydroxylation sites is 1. The van der Waals surface area contributed by atoms with Crippen LogP contribution in [0.1, 0.15) is 29.5 Å². The van der Waals surface area contributed by atoms with Crippen molar-refractivity contribution in [2.75, 3.05) is 26.6 Å². The first-order valence-electron chi connectivity index (χ1n) is 10.7. The molecule has 2 N–H and O–H groups in total. The van der Waals surface area contributed by atoms with Crippen LogP contribution in [0.15, 0.2) is 63.7 Å². The lowest BCUT2D eigenvalue weighted by atomic mass is 9.81. The Morgan fingerprint density at radius 1 is 1.11 bits per heavy atom. The molecule has 1 aromatic heterocycles. The van der Waals surface area contributed by atoms with E-state index in [-0.39, 0.29) is 22.7 Å². The van der Waals surface area contributed by atoms with Gasteiger partial charge in [-0.1, -0.05) is 42.1 Å². The summed E-state index contributed by atoms with van der Waals surface area (Å²) >= 11 is 1.20. The van der Waals surface area contributed by atoms with Crippen LogP contribution >= 0.6 is 11.8 Å². The SMILES string of the molecule is COC(=O)C1=C(C)Nc2nc(SCc3ccccc3F)[nH]c(=O)c2C1c1cccc(OC)c1OC. The summed E-state index contributed by atoms with van der Waals surface area (Å²) in [5.41, 5.74) is 1.58. The number of aromatic nitrogens is 2. The van der Waals surface area contributed by atoms with Crippen molar-refractivity contribution < 1.29 is 23.4 Å². The fraction of sp³-hybridized carbons (Fsp3) is 0.240. The third-order valence-electron chi connectivity index (χ3n) is 5.69. The van der Waals surface area contributed by atoms with E-state index in [4.69, 9.17) is 14.2 Å². The van der Waals surface area contributed by atoms with Gasteiger partial charge >= 0.3 is 5.97 Å². The van der Waals surface area contributed by atoms with Crippen LogP contribution in [0.2, 0.25) is 0 Å². The van der Waals surface area contributed by atoms with Crippen molar-refractivity contribution in [3.8, 4) is 11.5 Å². The highest BCUT2D eigenvalue weighted by Gasteiger charge is 2.38. The maximum absolute atomic E-state index is 14.0. The van der Waals surface area contributed by atoms with E-state index in [1.807, 2.05) is 0 Å². The predicted molar refractivity (Wildman–Crippen MR) is 131 cm³/mol. The van der Waals surface area contributed by atoms with Crippen molar-refractivity contribution in [2.24, 2.45) is 0 Å². The van der Waals surface area contributed by atoms with E-state index in [1.165, 1.54) is 39.2 Å². The van der Waals surface area contributed by atoms with Gasteiger partial charge < -0.3 is 24.5 Å². The van der Waals surface area contributed by atoms with Crippen LogP contribution < -0.4 is 20.3 Å². The second kappa shape index (κ2) is 10.2. The molecule has 10 heteroatoms. The van der Waals surface area contributed by atoms with Crippen LogP contribution in [-0.2, 0) is 15.3 Å². The molecule has 0 fully saturated rings. The number of aromatic amines is 1. The van der Waals surface area contributed by atoms with Gasteiger partial charge in [0.1, 0.15) is 11.6 Å². The van der Waals surface area contributed by atoms with Crippen molar-refractivity contribution in [2.45, 2.75) is 23.8 Å². The molecular weight excluding hydrogens is 473 g/mol. The zero-order chi connectivity index (χ0) is 25.1. The number of allylic oxidation sites excluding steroid dienone is 1. The minimum atomic E-state index is -0.828. The number of carbonyl (C=O) groups is 1. The summed E-state index contributed by atoms with van der Waals surface area (Å²) in [5.74, 6) is -0.328. The Labute approximate surface area is 205 Å². The maximum atomic E-state index is 14.0. The van der Waals surface area contributed by atoms with E-state index in [0.29, 0.717) is 39.3 Å². The lowest BCUT2D eigenvalue weighted by Gasteiger charge is -2.29. The highest BCUT2D eigenvalue weighted by Crippen LogP contribution is 2.45. The van der Waals surface area contributed by atoms with Gasteiger partial charge in [-0.15, -0.1) is 0 Å². The first-order valence-corrected chi connectivity index (χ1v) is 11.7. The van der Waals surface area contributed by atoms with Gasteiger partial charge in [0.15, 0.2) is 16.7 Å². The Bertz CT molecular complexity index is 1370. The Balaban J connectivity index is 1.84. The Morgan fingerprint density at radius 2 is 1.89 bits per heavy atom. The first-order chi connectivity index (χ1) is 16.9. The number of ether oxygens (including phenoxy) is 3. The number of hydrogen-bond acceptors (Lipinski definition) is 8. The van der Waals surface area contributed by atoms with Crippen LogP contribution in [-0.4, -0.2) is 37.3 Å². The Hall–Kier alpha value is -3.79. The molecule has 0 saturated heterocycles. The second-order valence-corrected chi connectivity index (χ2v) is 8.65. The molecule has 2 heterocycles. The van der Waals surface area contributed by atoms with Gasteiger partial charge in [-0.25, -0.2) is 14.2 Å². The molecule has 0 amide bonds. The van der Waals surface area contributed by atoms with Gasteiger partial charge in [0.25, 0.3) is 5.56 Å². The third-order valence-corrected chi connectivity index (χ3v) is 6.61. The predicted octanol–water partition coefficient (Wildman–Crippen LogP) is 4.22. The molecule has 35 heavy (non-hydrogen) atoms. The number of benzene rings is 2. The van der Waals surface area contributed by atoms with Gasteiger partial charge in [-0.05, 0) is 24.6 Å². The average Bonchev–Trinajstić information content (AvgIpc) is 2.86. The van der Waals surface area contributed by atoms with Crippen molar-refractivity contribution in [3.05, 3.63) is 86.6 Å². The number of fused-ring (bicyclic) bond motifs is 1. The van der Waals surface area contributed by atoms with E-state index >= 15 is 0 Å². The van der Waals surface area contributed by atoms with E-state index in [1.54, 1.807) is 43.3 Å². The van der Waals surface area contributed by atoms with Crippen molar-refractivity contribution in [1.82, 2.24) is 9.97 Å². The Kier molecular flexibility index (Phi) is 7.11. The zero-order valence-corrected chi connectivity index (χ0v) is 20.4. The number of anilines is 1. The molecule has 0 radical (unpaired) electrons. The highest BCUT2D eigenvalue weighted by molar-refractivity contribution is 7.98. The topological polar surface area (TPSA) is 103 Å². The number of carbonyl (C=O) groups excluding carboxylic acids is 1. The number of rotatable bonds is 7. The normalized spacial score (nSPS) is 14.7. The monoisotopic (exact) mass is 497 g/mol. The first kappa shape index (κ1) is 24.3. The molecule has 1 unspecified atom stereocenters. The molecule has 2 aromatic carbocycles. The number of hydrogen-bond donors (Lipinski definition) is 2. The van der Waals surface area contributed by atoms with Crippen LogP contribution in [0.25, 0.3) is 0 Å². The molecule has 0 aliphatic carbocycles. The van der Waals surface area contributed by atoms with Crippen LogP contribution in [0.5, 0.6) is 11.5 Å². The van der Waals surface area contributed by atoms with Crippen molar-refractivity contribution in [3.63, 3.8) is 0 Å². The van der Waals surface area contributed by atoms with Gasteiger partial charge in [0.05, 0.1) is 38.4 Å². The zero-order valence-electron chi connectivity index (χ0n) is 19.6. The quantitative estimate of drug-likeness (QED) is 0.284. The fourth-order valence-corrected chi connectivity index (χ4v) is 4.94. The number of thioether (sulfide) groups is 1. The van der Waals surface area contributed by atoms with Crippen LogP contribution in [0.4, 0.5) is 10.2 Å². The summed E-state index contributed by atoms with van der Waals surface area (Å²) in [6.07, 6.45) is 0. The van der Waals surface area contributed by atoms with Gasteiger partial charge in [0, 0.05) is 17.0 Å². The lowest BCUT2D eigenvalue weighted by molar-refractivity contribution is -0.136. The van der Waals surface area contributed by atoms with E-state index in [0.717, 1.165) is 0 Å².